The number of anilines is 1. The van der Waals surface area contributed by atoms with Crippen molar-refractivity contribution < 1.29 is 10.2 Å². The van der Waals surface area contributed by atoms with Crippen molar-refractivity contribution >= 4 is 11.3 Å². The number of hydrogen-bond donors (Lipinski definition) is 3. The Balaban J connectivity index is 1.38. The molecule has 0 aromatic carbocycles. The molecule has 5 heterocycles. The molecule has 1 fully saturated rings. The molecular weight excluding hydrogens is 492 g/mol. The molecule has 0 bridgehead atoms. The fourth-order valence-corrected chi connectivity index (χ4v) is 5.45. The molecule has 1 unspecified atom stereocenters. The van der Waals surface area contributed by atoms with Gasteiger partial charge in [0.05, 0.1) is 29.1 Å². The van der Waals surface area contributed by atoms with E-state index in [4.69, 9.17) is 4.98 Å². The van der Waals surface area contributed by atoms with Gasteiger partial charge in [0.15, 0.2) is 0 Å². The van der Waals surface area contributed by atoms with Gasteiger partial charge in [-0.1, -0.05) is 6.92 Å². The third kappa shape index (κ3) is 5.39. The first-order valence-corrected chi connectivity index (χ1v) is 13.4. The molecular formula is C29H36N8O2. The number of aryl methyl sites for hydroxylation is 1. The van der Waals surface area contributed by atoms with Crippen LogP contribution in [0.5, 0.6) is 0 Å². The summed E-state index contributed by atoms with van der Waals surface area (Å²) in [6, 6.07) is 8.38. The molecule has 3 N–H and O–H groups in total. The average Bonchev–Trinajstić information content (AvgIpc) is 3.57. The first-order valence-electron chi connectivity index (χ1n) is 13.4. The summed E-state index contributed by atoms with van der Waals surface area (Å²) in [6.07, 6.45) is 10.9. The maximum atomic E-state index is 10.9. The Morgan fingerprint density at radius 3 is 2.46 bits per heavy atom. The van der Waals surface area contributed by atoms with Crippen LogP contribution in [0.4, 0.5) is 5.82 Å². The second kappa shape index (κ2) is 10.4. The fourth-order valence-electron chi connectivity index (χ4n) is 5.45. The van der Waals surface area contributed by atoms with Gasteiger partial charge in [0.2, 0.25) is 0 Å². The first-order chi connectivity index (χ1) is 18.6. The van der Waals surface area contributed by atoms with Crippen LogP contribution in [0.3, 0.4) is 0 Å². The highest BCUT2D eigenvalue weighted by Gasteiger charge is 2.40. The Morgan fingerprint density at radius 1 is 1.10 bits per heavy atom. The van der Waals surface area contributed by atoms with E-state index in [1.54, 1.807) is 29.2 Å². The number of hydrogen-bond acceptors (Lipinski definition) is 8. The third-order valence-electron chi connectivity index (χ3n) is 7.92. The predicted molar refractivity (Wildman–Crippen MR) is 150 cm³/mol. The number of nitriles is 1. The second-order valence-electron chi connectivity index (χ2n) is 11.2. The molecule has 0 spiro atoms. The SMILES string of the molecule is CCC1(C(O)NCC(C)(C)O)CCN(c2ccc(-c3cc(-c4cnn(C)c4)cn4ncc(C#N)c34)cn2)CC1. The van der Waals surface area contributed by atoms with Crippen molar-refractivity contribution in [2.75, 3.05) is 24.5 Å². The zero-order valence-electron chi connectivity index (χ0n) is 23.0. The van der Waals surface area contributed by atoms with Crippen LogP contribution < -0.4 is 10.2 Å². The highest BCUT2D eigenvalue weighted by molar-refractivity contribution is 5.87. The summed E-state index contributed by atoms with van der Waals surface area (Å²) in [6.45, 7) is 7.48. The lowest BCUT2D eigenvalue weighted by atomic mass is 9.74. The Morgan fingerprint density at radius 2 is 1.87 bits per heavy atom. The second-order valence-corrected chi connectivity index (χ2v) is 11.2. The zero-order valence-corrected chi connectivity index (χ0v) is 23.0. The Bertz CT molecular complexity index is 1480. The minimum Gasteiger partial charge on any atom is -0.389 e. The number of fused-ring (bicyclic) bond motifs is 1. The van der Waals surface area contributed by atoms with Crippen LogP contribution in [0.1, 0.15) is 45.6 Å². The van der Waals surface area contributed by atoms with Gasteiger partial charge in [-0.3, -0.25) is 10.00 Å². The third-order valence-corrected chi connectivity index (χ3v) is 7.92. The molecule has 10 nitrogen and oxygen atoms in total. The van der Waals surface area contributed by atoms with E-state index in [2.05, 4.69) is 39.5 Å². The van der Waals surface area contributed by atoms with E-state index in [1.807, 2.05) is 44.0 Å². The van der Waals surface area contributed by atoms with Crippen LogP contribution in [-0.2, 0) is 7.05 Å². The van der Waals surface area contributed by atoms with Crippen molar-refractivity contribution in [3.05, 3.63) is 54.7 Å². The van der Waals surface area contributed by atoms with Crippen molar-refractivity contribution in [2.45, 2.75) is 51.9 Å². The molecule has 204 valence electrons. The number of pyridine rings is 2. The molecule has 0 aliphatic carbocycles. The molecule has 0 radical (unpaired) electrons. The van der Waals surface area contributed by atoms with E-state index in [1.165, 1.54) is 0 Å². The molecule has 1 aliphatic heterocycles. The first kappa shape index (κ1) is 26.8. The summed E-state index contributed by atoms with van der Waals surface area (Å²) in [5.74, 6) is 0.885. The summed E-state index contributed by atoms with van der Waals surface area (Å²) in [4.78, 5) is 7.06. The summed E-state index contributed by atoms with van der Waals surface area (Å²) in [5.41, 5.74) is 3.84. The molecule has 0 saturated carbocycles. The van der Waals surface area contributed by atoms with E-state index in [0.29, 0.717) is 12.1 Å². The number of nitrogens with zero attached hydrogens (tertiary/aromatic N) is 7. The summed E-state index contributed by atoms with van der Waals surface area (Å²) >= 11 is 0. The lowest BCUT2D eigenvalue weighted by molar-refractivity contribution is -0.0369. The van der Waals surface area contributed by atoms with Crippen LogP contribution in [0.15, 0.2) is 49.2 Å². The van der Waals surface area contributed by atoms with Gasteiger partial charge in [0, 0.05) is 72.9 Å². The van der Waals surface area contributed by atoms with E-state index < -0.39 is 11.8 Å². The monoisotopic (exact) mass is 528 g/mol. The Labute approximate surface area is 228 Å². The van der Waals surface area contributed by atoms with Crippen molar-refractivity contribution in [3.8, 4) is 28.3 Å². The number of aliphatic hydroxyl groups is 2. The lowest BCUT2D eigenvalue weighted by Crippen LogP contribution is -2.54. The standard InChI is InChI=1S/C29H36N8O2/c1-5-29(27(38)32-19-28(2,3)39)8-10-36(11-9-29)25-7-6-20(14-31-25)24-12-21(23-16-33-35(4)17-23)18-37-26(24)22(13-30)15-34-37/h6-7,12,14-18,27,32,38-39H,5,8-11,19H2,1-4H3. The summed E-state index contributed by atoms with van der Waals surface area (Å²) < 4.78 is 3.50. The number of aliphatic hydroxyl groups excluding tert-OH is 1. The van der Waals surface area contributed by atoms with Crippen LogP contribution in [0.2, 0.25) is 0 Å². The maximum Gasteiger partial charge on any atom is 0.128 e. The van der Waals surface area contributed by atoms with Gasteiger partial charge in [-0.2, -0.15) is 15.5 Å². The van der Waals surface area contributed by atoms with Crippen molar-refractivity contribution in [1.82, 2.24) is 29.7 Å². The highest BCUT2D eigenvalue weighted by atomic mass is 16.3. The number of piperidine rings is 1. The normalized spacial score (nSPS) is 16.4. The lowest BCUT2D eigenvalue weighted by Gasteiger charge is -2.45. The van der Waals surface area contributed by atoms with Crippen LogP contribution in [0, 0.1) is 16.7 Å². The van der Waals surface area contributed by atoms with Crippen LogP contribution >= 0.6 is 0 Å². The highest BCUT2D eigenvalue weighted by Crippen LogP contribution is 2.39. The van der Waals surface area contributed by atoms with Gasteiger partial charge in [-0.05, 0) is 51.3 Å². The quantitative estimate of drug-likeness (QED) is 0.297. The van der Waals surface area contributed by atoms with Crippen LogP contribution in [0.25, 0.3) is 27.8 Å². The molecule has 0 amide bonds. The van der Waals surface area contributed by atoms with Crippen molar-refractivity contribution in [2.24, 2.45) is 12.5 Å². The molecule has 4 aromatic rings. The van der Waals surface area contributed by atoms with Gasteiger partial charge in [0.25, 0.3) is 0 Å². The van der Waals surface area contributed by atoms with Gasteiger partial charge >= 0.3 is 0 Å². The predicted octanol–water partition coefficient (Wildman–Crippen LogP) is 3.34. The van der Waals surface area contributed by atoms with E-state index in [0.717, 1.165) is 65.9 Å². The van der Waals surface area contributed by atoms with Gasteiger partial charge < -0.3 is 15.1 Å². The molecule has 1 atom stereocenters. The topological polar surface area (TPSA) is 128 Å². The average molecular weight is 529 g/mol. The fraction of sp³-hybridized carbons (Fsp3) is 0.448. The minimum atomic E-state index is -0.879. The molecule has 4 aromatic heterocycles. The molecule has 5 rings (SSSR count). The molecule has 10 heteroatoms. The van der Waals surface area contributed by atoms with E-state index in [-0.39, 0.29) is 5.41 Å². The summed E-state index contributed by atoms with van der Waals surface area (Å²) in [5, 5.41) is 42.5. The van der Waals surface area contributed by atoms with Crippen molar-refractivity contribution in [1.29, 1.82) is 5.26 Å². The molecule has 1 aliphatic rings. The van der Waals surface area contributed by atoms with Gasteiger partial charge in [-0.15, -0.1) is 0 Å². The molecule has 1 saturated heterocycles. The Hall–Kier alpha value is -3.78. The maximum absolute atomic E-state index is 10.9. The Kier molecular flexibility index (Phi) is 7.16. The van der Waals surface area contributed by atoms with Gasteiger partial charge in [0.1, 0.15) is 18.1 Å². The van der Waals surface area contributed by atoms with Gasteiger partial charge in [-0.25, -0.2) is 9.50 Å². The smallest absolute Gasteiger partial charge is 0.128 e. The zero-order chi connectivity index (χ0) is 27.8. The van der Waals surface area contributed by atoms with Crippen LogP contribution in [-0.4, -0.2) is 66.1 Å². The number of rotatable bonds is 8. The number of aromatic nitrogens is 5. The minimum absolute atomic E-state index is 0.240. The summed E-state index contributed by atoms with van der Waals surface area (Å²) in [7, 11) is 1.88. The van der Waals surface area contributed by atoms with E-state index >= 15 is 0 Å². The van der Waals surface area contributed by atoms with E-state index in [9.17, 15) is 15.5 Å². The molecule has 39 heavy (non-hydrogen) atoms. The van der Waals surface area contributed by atoms with Crippen molar-refractivity contribution in [3.63, 3.8) is 0 Å². The largest absolute Gasteiger partial charge is 0.389 e. The number of nitrogens with one attached hydrogen (secondary N) is 1.